The standard InChI is InChI=1S/C16H26N2O2/c1-12(2)11-14-16(20)18(10-8-15(19)17-14)9-7-13-5-3-4-6-13/h5,12,14H,3-4,6-11H2,1-2H3,(H,17,19). The molecule has 1 aliphatic heterocycles. The molecular formula is C16H26N2O2. The molecule has 20 heavy (non-hydrogen) atoms. The van der Waals surface area contributed by atoms with Crippen LogP contribution in [-0.2, 0) is 9.59 Å². The second kappa shape index (κ2) is 6.91. The van der Waals surface area contributed by atoms with Crippen molar-refractivity contribution in [1.29, 1.82) is 0 Å². The molecule has 2 rings (SSSR count). The average Bonchev–Trinajstić information content (AvgIpc) is 2.85. The summed E-state index contributed by atoms with van der Waals surface area (Å²) < 4.78 is 0. The van der Waals surface area contributed by atoms with E-state index < -0.39 is 0 Å². The van der Waals surface area contributed by atoms with Crippen molar-refractivity contribution in [2.45, 2.75) is 58.4 Å². The van der Waals surface area contributed by atoms with Crippen molar-refractivity contribution in [3.63, 3.8) is 0 Å². The predicted molar refractivity (Wildman–Crippen MR) is 79.1 cm³/mol. The highest BCUT2D eigenvalue weighted by Gasteiger charge is 2.30. The Bertz CT molecular complexity index is 401. The fourth-order valence-electron chi connectivity index (χ4n) is 2.99. The van der Waals surface area contributed by atoms with E-state index in [1.807, 2.05) is 4.90 Å². The van der Waals surface area contributed by atoms with Gasteiger partial charge in [-0.2, -0.15) is 0 Å². The van der Waals surface area contributed by atoms with E-state index >= 15 is 0 Å². The van der Waals surface area contributed by atoms with Crippen LogP contribution in [0.5, 0.6) is 0 Å². The summed E-state index contributed by atoms with van der Waals surface area (Å²) >= 11 is 0. The van der Waals surface area contributed by atoms with E-state index in [1.165, 1.54) is 24.8 Å². The highest BCUT2D eigenvalue weighted by atomic mass is 16.2. The molecule has 1 N–H and O–H groups in total. The minimum atomic E-state index is -0.331. The van der Waals surface area contributed by atoms with E-state index in [9.17, 15) is 9.59 Å². The van der Waals surface area contributed by atoms with Gasteiger partial charge in [-0.3, -0.25) is 9.59 Å². The number of hydrogen-bond acceptors (Lipinski definition) is 2. The third-order valence-corrected chi connectivity index (χ3v) is 4.10. The van der Waals surface area contributed by atoms with Gasteiger partial charge in [0.25, 0.3) is 0 Å². The lowest BCUT2D eigenvalue weighted by Crippen LogP contribution is -2.45. The zero-order valence-corrected chi connectivity index (χ0v) is 12.7. The summed E-state index contributed by atoms with van der Waals surface area (Å²) in [5.74, 6) is 0.511. The lowest BCUT2D eigenvalue weighted by atomic mass is 10.0. The van der Waals surface area contributed by atoms with Crippen LogP contribution in [0.3, 0.4) is 0 Å². The summed E-state index contributed by atoms with van der Waals surface area (Å²) in [6.45, 7) is 5.48. The van der Waals surface area contributed by atoms with E-state index in [2.05, 4.69) is 25.2 Å². The first kappa shape index (κ1) is 15.1. The summed E-state index contributed by atoms with van der Waals surface area (Å²) in [4.78, 5) is 26.1. The molecule has 1 unspecified atom stereocenters. The second-order valence-electron chi connectivity index (χ2n) is 6.33. The molecule has 0 radical (unpaired) electrons. The molecule has 4 nitrogen and oxygen atoms in total. The van der Waals surface area contributed by atoms with Crippen molar-refractivity contribution >= 4 is 11.8 Å². The number of nitrogens with zero attached hydrogens (tertiary/aromatic N) is 1. The molecule has 1 heterocycles. The highest BCUT2D eigenvalue weighted by molar-refractivity contribution is 5.89. The minimum Gasteiger partial charge on any atom is -0.344 e. The lowest BCUT2D eigenvalue weighted by molar-refractivity contribution is -0.133. The Morgan fingerprint density at radius 1 is 1.35 bits per heavy atom. The van der Waals surface area contributed by atoms with Crippen LogP contribution in [0.25, 0.3) is 0 Å². The molecule has 112 valence electrons. The topological polar surface area (TPSA) is 49.4 Å². The maximum atomic E-state index is 12.5. The largest absolute Gasteiger partial charge is 0.344 e. The van der Waals surface area contributed by atoms with Crippen molar-refractivity contribution in [3.8, 4) is 0 Å². The number of amides is 2. The number of carbonyl (C=O) groups is 2. The van der Waals surface area contributed by atoms with Crippen LogP contribution in [0.4, 0.5) is 0 Å². The Kier molecular flexibility index (Phi) is 5.21. The third kappa shape index (κ3) is 4.09. The molecule has 1 atom stereocenters. The Morgan fingerprint density at radius 2 is 2.15 bits per heavy atom. The van der Waals surface area contributed by atoms with Gasteiger partial charge in [0.05, 0.1) is 0 Å². The van der Waals surface area contributed by atoms with Crippen LogP contribution in [0.2, 0.25) is 0 Å². The molecule has 0 saturated carbocycles. The van der Waals surface area contributed by atoms with Gasteiger partial charge >= 0.3 is 0 Å². The minimum absolute atomic E-state index is 0.00609. The number of rotatable bonds is 5. The Labute approximate surface area is 121 Å². The molecule has 0 bridgehead atoms. The van der Waals surface area contributed by atoms with Crippen LogP contribution < -0.4 is 5.32 Å². The van der Waals surface area contributed by atoms with E-state index in [1.54, 1.807) is 0 Å². The molecule has 0 aromatic rings. The molecule has 0 aromatic heterocycles. The Morgan fingerprint density at radius 3 is 2.80 bits per heavy atom. The SMILES string of the molecule is CC(C)CC1NC(=O)CCN(CCC2=CCCC2)C1=O. The van der Waals surface area contributed by atoms with Gasteiger partial charge in [0.2, 0.25) is 11.8 Å². The summed E-state index contributed by atoms with van der Waals surface area (Å²) in [5.41, 5.74) is 1.47. The molecule has 0 aromatic carbocycles. The highest BCUT2D eigenvalue weighted by Crippen LogP contribution is 2.21. The molecule has 1 saturated heterocycles. The predicted octanol–water partition coefficient (Wildman–Crippen LogP) is 2.25. The van der Waals surface area contributed by atoms with Gasteiger partial charge in [0.1, 0.15) is 6.04 Å². The summed E-state index contributed by atoms with van der Waals surface area (Å²) in [6.07, 6.45) is 8.03. The summed E-state index contributed by atoms with van der Waals surface area (Å²) in [7, 11) is 0. The summed E-state index contributed by atoms with van der Waals surface area (Å²) in [6, 6.07) is -0.331. The molecule has 2 aliphatic rings. The Balaban J connectivity index is 1.95. The van der Waals surface area contributed by atoms with Crippen molar-refractivity contribution < 1.29 is 9.59 Å². The normalized spacial score (nSPS) is 23.9. The van der Waals surface area contributed by atoms with Crippen LogP contribution in [-0.4, -0.2) is 35.8 Å². The van der Waals surface area contributed by atoms with Gasteiger partial charge in [-0.25, -0.2) is 0 Å². The van der Waals surface area contributed by atoms with Gasteiger partial charge in [-0.1, -0.05) is 25.5 Å². The van der Waals surface area contributed by atoms with Crippen LogP contribution in [0.15, 0.2) is 11.6 Å². The number of nitrogens with one attached hydrogen (secondary N) is 1. The van der Waals surface area contributed by atoms with E-state index in [0.717, 1.165) is 19.4 Å². The van der Waals surface area contributed by atoms with Gasteiger partial charge in [-0.15, -0.1) is 0 Å². The molecule has 1 fully saturated rings. The molecule has 2 amide bonds. The van der Waals surface area contributed by atoms with Crippen molar-refractivity contribution in [3.05, 3.63) is 11.6 Å². The van der Waals surface area contributed by atoms with E-state index in [0.29, 0.717) is 18.9 Å². The number of hydrogen-bond donors (Lipinski definition) is 1. The van der Waals surface area contributed by atoms with Gasteiger partial charge in [-0.05, 0) is 38.0 Å². The monoisotopic (exact) mass is 278 g/mol. The van der Waals surface area contributed by atoms with Gasteiger partial charge in [0.15, 0.2) is 0 Å². The fourth-order valence-corrected chi connectivity index (χ4v) is 2.99. The van der Waals surface area contributed by atoms with Crippen LogP contribution in [0.1, 0.15) is 52.4 Å². The number of allylic oxidation sites excluding steroid dienone is 1. The van der Waals surface area contributed by atoms with Crippen molar-refractivity contribution in [2.24, 2.45) is 5.92 Å². The lowest BCUT2D eigenvalue weighted by Gasteiger charge is -2.25. The zero-order chi connectivity index (χ0) is 14.5. The quantitative estimate of drug-likeness (QED) is 0.784. The first-order chi connectivity index (χ1) is 9.56. The smallest absolute Gasteiger partial charge is 0.245 e. The molecule has 4 heteroatoms. The van der Waals surface area contributed by atoms with Gasteiger partial charge in [0, 0.05) is 19.5 Å². The van der Waals surface area contributed by atoms with Gasteiger partial charge < -0.3 is 10.2 Å². The van der Waals surface area contributed by atoms with E-state index in [-0.39, 0.29) is 17.9 Å². The zero-order valence-electron chi connectivity index (χ0n) is 12.7. The number of carbonyl (C=O) groups excluding carboxylic acids is 2. The molecule has 0 spiro atoms. The molecule has 1 aliphatic carbocycles. The first-order valence-electron chi connectivity index (χ1n) is 7.82. The fraction of sp³-hybridized carbons (Fsp3) is 0.750. The van der Waals surface area contributed by atoms with Crippen LogP contribution in [0, 0.1) is 5.92 Å². The van der Waals surface area contributed by atoms with Crippen molar-refractivity contribution in [1.82, 2.24) is 10.2 Å². The van der Waals surface area contributed by atoms with Crippen LogP contribution >= 0.6 is 0 Å². The Hall–Kier alpha value is -1.32. The first-order valence-corrected chi connectivity index (χ1v) is 7.82. The van der Waals surface area contributed by atoms with E-state index in [4.69, 9.17) is 0 Å². The molecular weight excluding hydrogens is 252 g/mol. The maximum absolute atomic E-state index is 12.5. The second-order valence-corrected chi connectivity index (χ2v) is 6.33. The summed E-state index contributed by atoms with van der Waals surface area (Å²) in [5, 5.41) is 2.87. The maximum Gasteiger partial charge on any atom is 0.245 e. The third-order valence-electron chi connectivity index (χ3n) is 4.10. The average molecular weight is 278 g/mol. The van der Waals surface area contributed by atoms with Crippen molar-refractivity contribution in [2.75, 3.05) is 13.1 Å².